The number of imidazole rings is 1. The maximum atomic E-state index is 12.8. The average Bonchev–Trinajstić information content (AvgIpc) is 3.18. The molecule has 4 N–H and O–H groups in total. The van der Waals surface area contributed by atoms with Gasteiger partial charge >= 0.3 is 0 Å². The van der Waals surface area contributed by atoms with Crippen LogP contribution in [0.25, 0.3) is 22.3 Å². The minimum Gasteiger partial charge on any atom is -0.342 e. The van der Waals surface area contributed by atoms with Gasteiger partial charge in [-0.3, -0.25) is 9.59 Å². The van der Waals surface area contributed by atoms with Gasteiger partial charge in [0, 0.05) is 39.3 Å². The van der Waals surface area contributed by atoms with Crippen molar-refractivity contribution in [3.63, 3.8) is 0 Å². The summed E-state index contributed by atoms with van der Waals surface area (Å²) >= 11 is 6.12. The molecule has 6 rings (SSSR count). The second-order valence-electron chi connectivity index (χ2n) is 8.69. The standard InChI is InChI=1S/C27H20ClN7O2/c1-14-30-21-9-7-19(12-23(21)31-14)32-26(37)15-2-5-18(6-3-15)33-27-29-13-16-10-24(36)34-22-11-17(28)4-8-20(22)25(16)35-27/h2-9,11-13H,10H2,1H3,(H,30,31)(H,32,37)(H,34,36)(H,29,33,35). The van der Waals surface area contributed by atoms with Gasteiger partial charge in [-0.15, -0.1) is 0 Å². The Morgan fingerprint density at radius 3 is 2.65 bits per heavy atom. The fourth-order valence-corrected chi connectivity index (χ4v) is 4.45. The number of hydrogen-bond donors (Lipinski definition) is 4. The average molecular weight is 510 g/mol. The van der Waals surface area contributed by atoms with Gasteiger partial charge in [0.05, 0.1) is 28.8 Å². The van der Waals surface area contributed by atoms with Gasteiger partial charge < -0.3 is 20.9 Å². The highest BCUT2D eigenvalue weighted by Gasteiger charge is 2.21. The first kappa shape index (κ1) is 22.7. The van der Waals surface area contributed by atoms with Crippen LogP contribution in [-0.2, 0) is 11.2 Å². The van der Waals surface area contributed by atoms with E-state index in [-0.39, 0.29) is 18.2 Å². The van der Waals surface area contributed by atoms with Crippen LogP contribution in [0.15, 0.2) is 66.9 Å². The number of aryl methyl sites for hydroxylation is 1. The van der Waals surface area contributed by atoms with E-state index in [0.29, 0.717) is 39.3 Å². The number of aromatic nitrogens is 4. The number of carbonyl (C=O) groups excluding carboxylic acids is 2. The van der Waals surface area contributed by atoms with Crippen molar-refractivity contribution in [2.45, 2.75) is 13.3 Å². The number of amides is 2. The summed E-state index contributed by atoms with van der Waals surface area (Å²) in [7, 11) is 0. The number of nitrogens with zero attached hydrogens (tertiary/aromatic N) is 3. The van der Waals surface area contributed by atoms with E-state index >= 15 is 0 Å². The van der Waals surface area contributed by atoms with Gasteiger partial charge in [0.2, 0.25) is 11.9 Å². The Bertz CT molecular complexity index is 1700. The number of rotatable bonds is 4. The summed E-state index contributed by atoms with van der Waals surface area (Å²) in [6.45, 7) is 1.89. The lowest BCUT2D eigenvalue weighted by Gasteiger charge is -2.11. The summed E-state index contributed by atoms with van der Waals surface area (Å²) in [4.78, 5) is 41.6. The molecule has 0 radical (unpaired) electrons. The first-order chi connectivity index (χ1) is 17.9. The Balaban J connectivity index is 1.20. The fraction of sp³-hybridized carbons (Fsp3) is 0.0741. The van der Waals surface area contributed by atoms with Crippen LogP contribution in [0.1, 0.15) is 21.7 Å². The number of H-pyrrole nitrogens is 1. The van der Waals surface area contributed by atoms with Crippen LogP contribution in [0.3, 0.4) is 0 Å². The Hall–Kier alpha value is -4.76. The van der Waals surface area contributed by atoms with Crippen LogP contribution < -0.4 is 16.0 Å². The third kappa shape index (κ3) is 4.60. The predicted molar refractivity (Wildman–Crippen MR) is 143 cm³/mol. The summed E-state index contributed by atoms with van der Waals surface area (Å²) in [6, 6.07) is 17.8. The lowest BCUT2D eigenvalue weighted by molar-refractivity contribution is -0.115. The van der Waals surface area contributed by atoms with Crippen LogP contribution >= 0.6 is 11.6 Å². The van der Waals surface area contributed by atoms with Crippen molar-refractivity contribution in [2.24, 2.45) is 0 Å². The molecule has 37 heavy (non-hydrogen) atoms. The van der Waals surface area contributed by atoms with E-state index in [4.69, 9.17) is 11.6 Å². The lowest BCUT2D eigenvalue weighted by Crippen LogP contribution is -2.12. The minimum absolute atomic E-state index is 0.153. The number of hydrogen-bond acceptors (Lipinski definition) is 6. The minimum atomic E-state index is -0.226. The zero-order valence-electron chi connectivity index (χ0n) is 19.6. The summed E-state index contributed by atoms with van der Waals surface area (Å²) in [6.07, 6.45) is 1.81. The van der Waals surface area contributed by atoms with E-state index in [9.17, 15) is 9.59 Å². The molecule has 0 spiro atoms. The molecule has 1 aliphatic rings. The van der Waals surface area contributed by atoms with Crippen molar-refractivity contribution in [3.8, 4) is 11.3 Å². The van der Waals surface area contributed by atoms with Crippen molar-refractivity contribution in [1.29, 1.82) is 0 Å². The quantitative estimate of drug-likeness (QED) is 0.254. The van der Waals surface area contributed by atoms with Crippen molar-refractivity contribution in [1.82, 2.24) is 19.9 Å². The molecular weight excluding hydrogens is 490 g/mol. The highest BCUT2D eigenvalue weighted by molar-refractivity contribution is 6.31. The number of carbonyl (C=O) groups is 2. The summed E-state index contributed by atoms with van der Waals surface area (Å²) < 4.78 is 0. The Kier molecular flexibility index (Phi) is 5.54. The summed E-state index contributed by atoms with van der Waals surface area (Å²) in [5.74, 6) is 0.809. The molecule has 0 bridgehead atoms. The maximum absolute atomic E-state index is 12.8. The molecule has 1 aliphatic heterocycles. The van der Waals surface area contributed by atoms with E-state index in [1.807, 2.05) is 31.2 Å². The third-order valence-electron chi connectivity index (χ3n) is 5.99. The molecule has 0 saturated heterocycles. The number of aromatic amines is 1. The van der Waals surface area contributed by atoms with E-state index < -0.39 is 0 Å². The van der Waals surface area contributed by atoms with Crippen molar-refractivity contribution in [3.05, 3.63) is 88.8 Å². The Labute approximate surface area is 216 Å². The normalized spacial score (nSPS) is 12.3. The second kappa shape index (κ2) is 9.03. The molecule has 0 aliphatic carbocycles. The zero-order chi connectivity index (χ0) is 25.5. The first-order valence-electron chi connectivity index (χ1n) is 11.5. The van der Waals surface area contributed by atoms with Crippen molar-refractivity contribution >= 4 is 57.5 Å². The van der Waals surface area contributed by atoms with E-state index in [1.54, 1.807) is 42.6 Å². The first-order valence-corrected chi connectivity index (χ1v) is 11.9. The fourth-order valence-electron chi connectivity index (χ4n) is 4.28. The SMILES string of the molecule is Cc1nc2ccc(NC(=O)c3ccc(Nc4ncc5c(n4)-c4ccc(Cl)cc4NC(=O)C5)cc3)cc2[nH]1. The van der Waals surface area contributed by atoms with Crippen molar-refractivity contribution < 1.29 is 9.59 Å². The summed E-state index contributed by atoms with van der Waals surface area (Å²) in [5, 5.41) is 9.47. The topological polar surface area (TPSA) is 125 Å². The largest absolute Gasteiger partial charge is 0.342 e. The Morgan fingerprint density at radius 1 is 1.00 bits per heavy atom. The van der Waals surface area contributed by atoms with Crippen LogP contribution in [0.2, 0.25) is 5.02 Å². The maximum Gasteiger partial charge on any atom is 0.255 e. The van der Waals surface area contributed by atoms with Crippen LogP contribution in [0.5, 0.6) is 0 Å². The number of halogens is 1. The molecular formula is C27H20ClN7O2. The smallest absolute Gasteiger partial charge is 0.255 e. The molecule has 5 aromatic rings. The van der Waals surface area contributed by atoms with Crippen LogP contribution in [0, 0.1) is 6.92 Å². The zero-order valence-corrected chi connectivity index (χ0v) is 20.3. The van der Waals surface area contributed by atoms with Crippen molar-refractivity contribution in [2.75, 3.05) is 16.0 Å². The molecule has 0 unspecified atom stereocenters. The highest BCUT2D eigenvalue weighted by Crippen LogP contribution is 2.35. The second-order valence-corrected chi connectivity index (χ2v) is 9.13. The number of anilines is 4. The van der Waals surface area contributed by atoms with E-state index in [0.717, 1.165) is 28.0 Å². The molecule has 9 nitrogen and oxygen atoms in total. The number of nitrogens with one attached hydrogen (secondary N) is 4. The van der Waals surface area contributed by atoms with Gasteiger partial charge in [-0.1, -0.05) is 11.6 Å². The van der Waals surface area contributed by atoms with Gasteiger partial charge in [0.15, 0.2) is 0 Å². The van der Waals surface area contributed by atoms with Gasteiger partial charge in [-0.2, -0.15) is 0 Å². The molecule has 182 valence electrons. The molecule has 3 heterocycles. The molecule has 0 atom stereocenters. The molecule has 2 aromatic heterocycles. The third-order valence-corrected chi connectivity index (χ3v) is 6.22. The Morgan fingerprint density at radius 2 is 1.81 bits per heavy atom. The molecule has 3 aromatic carbocycles. The van der Waals surface area contributed by atoms with E-state index in [2.05, 4.69) is 35.9 Å². The number of fused-ring (bicyclic) bond motifs is 4. The lowest BCUT2D eigenvalue weighted by atomic mass is 10.1. The van der Waals surface area contributed by atoms with Gasteiger partial charge in [-0.05, 0) is 67.6 Å². The summed E-state index contributed by atoms with van der Waals surface area (Å²) in [5.41, 5.74) is 6.36. The molecule has 0 fully saturated rings. The predicted octanol–water partition coefficient (Wildman–Crippen LogP) is 5.47. The number of benzene rings is 3. The molecule has 2 amide bonds. The molecule has 0 saturated carbocycles. The van der Waals surface area contributed by atoms with Gasteiger partial charge in [0.1, 0.15) is 5.82 Å². The van der Waals surface area contributed by atoms with Gasteiger partial charge in [0.25, 0.3) is 5.91 Å². The highest BCUT2D eigenvalue weighted by atomic mass is 35.5. The van der Waals surface area contributed by atoms with Crippen LogP contribution in [-0.4, -0.2) is 31.8 Å². The molecule has 10 heteroatoms. The van der Waals surface area contributed by atoms with Gasteiger partial charge in [-0.25, -0.2) is 15.0 Å². The monoisotopic (exact) mass is 509 g/mol. The van der Waals surface area contributed by atoms with E-state index in [1.165, 1.54) is 0 Å². The van der Waals surface area contributed by atoms with Crippen LogP contribution in [0.4, 0.5) is 23.0 Å².